The van der Waals surface area contributed by atoms with Crippen LogP contribution in [0.25, 0.3) is 21.8 Å². The third-order valence-corrected chi connectivity index (χ3v) is 6.79. The Morgan fingerprint density at radius 3 is 2.23 bits per heavy atom. The molecule has 0 saturated carbocycles. The van der Waals surface area contributed by atoms with Crippen LogP contribution in [0, 0.1) is 12.7 Å². The van der Waals surface area contributed by atoms with E-state index in [0.717, 1.165) is 22.9 Å². The number of para-hydroxylation sites is 1. The lowest BCUT2D eigenvalue weighted by molar-refractivity contribution is 0.0908. The van der Waals surface area contributed by atoms with E-state index in [2.05, 4.69) is 20.3 Å². The number of hydrogen-bond donors (Lipinski definition) is 3. The minimum Gasteiger partial charge on any atom is -0.354 e. The van der Waals surface area contributed by atoms with Gasteiger partial charge in [0, 0.05) is 39.9 Å². The van der Waals surface area contributed by atoms with E-state index in [9.17, 15) is 14.0 Å². The van der Waals surface area contributed by atoms with E-state index in [-0.39, 0.29) is 21.9 Å². The molecule has 7 nitrogen and oxygen atoms in total. The van der Waals surface area contributed by atoms with Gasteiger partial charge in [0.05, 0.1) is 16.6 Å². The zero-order valence-corrected chi connectivity index (χ0v) is 23.7. The second-order valence-corrected chi connectivity index (χ2v) is 11.1. The van der Waals surface area contributed by atoms with Crippen LogP contribution in [0.5, 0.6) is 0 Å². The fourth-order valence-electron chi connectivity index (χ4n) is 4.14. The largest absolute Gasteiger partial charge is 0.354 e. The summed E-state index contributed by atoms with van der Waals surface area (Å²) in [7, 11) is 0. The van der Waals surface area contributed by atoms with Gasteiger partial charge < -0.3 is 16.0 Å². The van der Waals surface area contributed by atoms with E-state index in [0.29, 0.717) is 21.6 Å². The van der Waals surface area contributed by atoms with Crippen LogP contribution in [-0.4, -0.2) is 20.9 Å². The Morgan fingerprint density at radius 2 is 1.60 bits per heavy atom. The van der Waals surface area contributed by atoms with Crippen LogP contribution in [0.15, 0.2) is 77.9 Å². The Morgan fingerprint density at radius 1 is 0.925 bits per heavy atom. The molecule has 1 amide bonds. The predicted octanol–water partition coefficient (Wildman–Crippen LogP) is 6.12. The molecule has 0 atom stereocenters. The number of rotatable bonds is 4. The average molecular weight is 560 g/mol. The van der Waals surface area contributed by atoms with Gasteiger partial charge in [-0.1, -0.05) is 35.9 Å². The molecular formula is C31H31ClFN5O2. The van der Waals surface area contributed by atoms with Crippen LogP contribution in [0.3, 0.4) is 0 Å². The number of amides is 1. The fraction of sp³-hybridized carbons (Fsp3) is 0.226. The van der Waals surface area contributed by atoms with Crippen molar-refractivity contribution < 1.29 is 9.18 Å². The Kier molecular flexibility index (Phi) is 8.05. The zero-order valence-electron chi connectivity index (χ0n) is 23.0. The molecule has 0 fully saturated rings. The molecule has 4 N–H and O–H groups in total. The third-order valence-electron chi connectivity index (χ3n) is 6.57. The SMILES string of the molecule is CC(C)(NC(=O)c1cc2[nH]c3ccccc3c(=O)c2cc1F)c1ccc(Cl)nc1.Cc1ccc(C(C)(C)N)cn1. The first kappa shape index (κ1) is 28.9. The van der Waals surface area contributed by atoms with Gasteiger partial charge in [-0.15, -0.1) is 0 Å². The lowest BCUT2D eigenvalue weighted by Crippen LogP contribution is -2.41. The average Bonchev–Trinajstić information content (AvgIpc) is 2.89. The van der Waals surface area contributed by atoms with Crippen molar-refractivity contribution >= 4 is 39.3 Å². The molecule has 2 aromatic carbocycles. The summed E-state index contributed by atoms with van der Waals surface area (Å²) in [6, 6.07) is 16.8. The number of H-pyrrole nitrogens is 1. The number of nitrogens with zero attached hydrogens (tertiary/aromatic N) is 2. The maximum Gasteiger partial charge on any atom is 0.255 e. The zero-order chi connectivity index (χ0) is 29.2. The number of aromatic nitrogens is 3. The van der Waals surface area contributed by atoms with E-state index in [1.54, 1.807) is 56.4 Å². The number of aromatic amines is 1. The molecule has 0 aliphatic heterocycles. The highest BCUT2D eigenvalue weighted by Gasteiger charge is 2.26. The third kappa shape index (κ3) is 6.35. The summed E-state index contributed by atoms with van der Waals surface area (Å²) in [5, 5.41) is 3.81. The summed E-state index contributed by atoms with van der Waals surface area (Å²) < 4.78 is 14.7. The van der Waals surface area contributed by atoms with Crippen molar-refractivity contribution in [1.82, 2.24) is 20.3 Å². The van der Waals surface area contributed by atoms with Crippen molar-refractivity contribution in [2.24, 2.45) is 5.73 Å². The first-order chi connectivity index (χ1) is 18.8. The van der Waals surface area contributed by atoms with Crippen LogP contribution < -0.4 is 16.5 Å². The molecule has 5 aromatic rings. The summed E-state index contributed by atoms with van der Waals surface area (Å²) in [4.78, 5) is 36.8. The lowest BCUT2D eigenvalue weighted by Gasteiger charge is -2.26. The maximum absolute atomic E-state index is 14.7. The second-order valence-electron chi connectivity index (χ2n) is 10.7. The molecule has 3 heterocycles. The number of aryl methyl sites for hydroxylation is 1. The molecule has 5 rings (SSSR count). The number of nitrogens with one attached hydrogen (secondary N) is 2. The van der Waals surface area contributed by atoms with Gasteiger partial charge in [-0.2, -0.15) is 0 Å². The second kappa shape index (κ2) is 11.2. The van der Waals surface area contributed by atoms with E-state index >= 15 is 0 Å². The van der Waals surface area contributed by atoms with Crippen LogP contribution in [-0.2, 0) is 11.1 Å². The predicted molar refractivity (Wildman–Crippen MR) is 158 cm³/mol. The quantitative estimate of drug-likeness (QED) is 0.181. The molecule has 0 aliphatic carbocycles. The molecule has 206 valence electrons. The number of fused-ring (bicyclic) bond motifs is 2. The molecule has 40 heavy (non-hydrogen) atoms. The Balaban J connectivity index is 0.000000283. The smallest absolute Gasteiger partial charge is 0.255 e. The van der Waals surface area contributed by atoms with Crippen LogP contribution in [0.2, 0.25) is 5.15 Å². The number of halogens is 2. The highest BCUT2D eigenvalue weighted by molar-refractivity contribution is 6.29. The van der Waals surface area contributed by atoms with Crippen LogP contribution in [0.4, 0.5) is 4.39 Å². The van der Waals surface area contributed by atoms with Gasteiger partial charge in [-0.25, -0.2) is 9.37 Å². The molecule has 0 radical (unpaired) electrons. The summed E-state index contributed by atoms with van der Waals surface area (Å²) >= 11 is 5.82. The summed E-state index contributed by atoms with van der Waals surface area (Å²) in [5.41, 5.74) is 8.17. The molecule has 0 unspecified atom stereocenters. The van der Waals surface area contributed by atoms with Gasteiger partial charge in [0.1, 0.15) is 11.0 Å². The van der Waals surface area contributed by atoms with Gasteiger partial charge in [0.15, 0.2) is 5.43 Å². The first-order valence-electron chi connectivity index (χ1n) is 12.7. The molecular weight excluding hydrogens is 529 g/mol. The van der Waals surface area contributed by atoms with Crippen molar-refractivity contribution in [3.05, 3.63) is 117 Å². The standard InChI is InChI=1S/C22H17ClFN3O2.C9H14N2/c1-22(2,12-7-8-19(23)25-11-12)27-21(29)14-10-18-15(9-16(14)24)20(28)13-5-3-4-6-17(13)26-18;1-7-4-5-8(6-11-7)9(2,3)10/h3-11H,1-2H3,(H,26,28)(H,27,29);4-6H,10H2,1-3H3. The van der Waals surface area contributed by atoms with Gasteiger partial charge in [0.2, 0.25) is 0 Å². The number of hydrogen-bond acceptors (Lipinski definition) is 5. The number of carbonyl (C=O) groups excluding carboxylic acids is 1. The van der Waals surface area contributed by atoms with Crippen LogP contribution >= 0.6 is 11.6 Å². The Labute approximate surface area is 236 Å². The van der Waals surface area contributed by atoms with Gasteiger partial charge in [-0.3, -0.25) is 14.6 Å². The fourth-order valence-corrected chi connectivity index (χ4v) is 4.25. The van der Waals surface area contributed by atoms with E-state index < -0.39 is 17.3 Å². The summed E-state index contributed by atoms with van der Waals surface area (Å²) in [6.07, 6.45) is 3.39. The van der Waals surface area contributed by atoms with E-state index in [1.165, 1.54) is 6.07 Å². The lowest BCUT2D eigenvalue weighted by atomic mass is 9.95. The van der Waals surface area contributed by atoms with Crippen molar-refractivity contribution in [3.8, 4) is 0 Å². The van der Waals surface area contributed by atoms with Crippen molar-refractivity contribution in [2.75, 3.05) is 0 Å². The molecule has 0 aliphatic rings. The van der Waals surface area contributed by atoms with Crippen molar-refractivity contribution in [3.63, 3.8) is 0 Å². The van der Waals surface area contributed by atoms with Crippen LogP contribution in [0.1, 0.15) is 54.9 Å². The Bertz CT molecular complexity index is 1740. The van der Waals surface area contributed by atoms with Gasteiger partial charge in [0.25, 0.3) is 5.91 Å². The van der Waals surface area contributed by atoms with Gasteiger partial charge >= 0.3 is 0 Å². The summed E-state index contributed by atoms with van der Waals surface area (Å²) in [6.45, 7) is 9.47. The minimum absolute atomic E-state index is 0.154. The van der Waals surface area contributed by atoms with E-state index in [1.807, 2.05) is 39.1 Å². The summed E-state index contributed by atoms with van der Waals surface area (Å²) in [5.74, 6) is -1.36. The monoisotopic (exact) mass is 559 g/mol. The molecule has 9 heteroatoms. The molecule has 0 saturated heterocycles. The maximum atomic E-state index is 14.7. The minimum atomic E-state index is -0.813. The van der Waals surface area contributed by atoms with Crippen molar-refractivity contribution in [2.45, 2.75) is 45.7 Å². The number of pyridine rings is 3. The highest BCUT2D eigenvalue weighted by Crippen LogP contribution is 2.23. The Hall–Kier alpha value is -4.14. The number of carbonyl (C=O) groups is 1. The van der Waals surface area contributed by atoms with E-state index in [4.69, 9.17) is 17.3 Å². The number of nitrogens with two attached hydrogens (primary N) is 1. The highest BCUT2D eigenvalue weighted by atomic mass is 35.5. The van der Waals surface area contributed by atoms with Crippen molar-refractivity contribution in [1.29, 1.82) is 0 Å². The molecule has 0 bridgehead atoms. The topological polar surface area (TPSA) is 114 Å². The number of benzene rings is 2. The molecule has 0 spiro atoms. The molecule has 3 aromatic heterocycles. The normalized spacial score (nSPS) is 11.7. The van der Waals surface area contributed by atoms with Gasteiger partial charge in [-0.05, 0) is 82.1 Å². The first-order valence-corrected chi connectivity index (χ1v) is 13.0.